The molecule has 1 aromatic carbocycles. The molecule has 1 atom stereocenters. The number of aromatic nitrogens is 1. The molecule has 2 heterocycles. The van der Waals surface area contributed by atoms with E-state index in [1.54, 1.807) is 6.20 Å². The number of hydrogen-bond donors (Lipinski definition) is 0. The summed E-state index contributed by atoms with van der Waals surface area (Å²) >= 11 is 0. The molecule has 1 aromatic heterocycles. The largest absolute Gasteiger partial charge is 0.378 e. The van der Waals surface area contributed by atoms with Crippen molar-refractivity contribution in [2.45, 2.75) is 6.04 Å². The average molecular weight is 349 g/mol. The Morgan fingerprint density at radius 2 is 1.85 bits per heavy atom. The van der Waals surface area contributed by atoms with Crippen LogP contribution in [-0.4, -0.2) is 61.0 Å². The first kappa shape index (κ1) is 17.9. The number of nitriles is 1. The molecule has 1 aliphatic rings. The molecule has 6 nitrogen and oxygen atoms in total. The standard InChI is InChI=1S/C20H23N5O/c1-23(2)17-8-9-22-18(14-17)20(26)25-12-10-24(11-13-25)19(15-21)16-6-4-3-5-7-16/h3-9,14,19H,10-13H2,1-2H3/t19-/m0/s1. The molecular formula is C20H23N5O. The van der Waals surface area contributed by atoms with Crippen LogP contribution in [0.15, 0.2) is 48.7 Å². The second-order valence-corrected chi connectivity index (χ2v) is 6.56. The van der Waals surface area contributed by atoms with Gasteiger partial charge in [0.2, 0.25) is 0 Å². The Bertz CT molecular complexity index is 791. The number of pyridine rings is 1. The first-order valence-electron chi connectivity index (χ1n) is 8.71. The summed E-state index contributed by atoms with van der Waals surface area (Å²) in [6, 6.07) is 15.6. The summed E-state index contributed by atoms with van der Waals surface area (Å²) in [6.45, 7) is 2.54. The molecule has 134 valence electrons. The lowest BCUT2D eigenvalue weighted by Crippen LogP contribution is -2.49. The Balaban J connectivity index is 1.66. The fourth-order valence-electron chi connectivity index (χ4n) is 3.16. The Morgan fingerprint density at radius 3 is 2.46 bits per heavy atom. The second-order valence-electron chi connectivity index (χ2n) is 6.56. The molecule has 1 saturated heterocycles. The van der Waals surface area contributed by atoms with Crippen molar-refractivity contribution >= 4 is 11.6 Å². The van der Waals surface area contributed by atoms with Gasteiger partial charge in [-0.05, 0) is 17.7 Å². The summed E-state index contributed by atoms with van der Waals surface area (Å²) in [7, 11) is 3.88. The zero-order chi connectivity index (χ0) is 18.5. The van der Waals surface area contributed by atoms with Gasteiger partial charge < -0.3 is 9.80 Å². The number of nitrogens with zero attached hydrogens (tertiary/aromatic N) is 5. The maximum Gasteiger partial charge on any atom is 0.272 e. The van der Waals surface area contributed by atoms with E-state index >= 15 is 0 Å². The van der Waals surface area contributed by atoms with Gasteiger partial charge in [-0.25, -0.2) is 0 Å². The lowest BCUT2D eigenvalue weighted by Gasteiger charge is -2.37. The highest BCUT2D eigenvalue weighted by atomic mass is 16.2. The summed E-state index contributed by atoms with van der Waals surface area (Å²) in [5.74, 6) is -0.0541. The molecule has 0 N–H and O–H groups in total. The molecule has 0 bridgehead atoms. The number of rotatable bonds is 4. The number of hydrogen-bond acceptors (Lipinski definition) is 5. The molecule has 1 amide bonds. The molecule has 0 spiro atoms. The molecule has 0 radical (unpaired) electrons. The number of piperazine rings is 1. The van der Waals surface area contributed by atoms with Crippen molar-refractivity contribution in [1.29, 1.82) is 5.26 Å². The van der Waals surface area contributed by atoms with Gasteiger partial charge in [-0.2, -0.15) is 5.26 Å². The lowest BCUT2D eigenvalue weighted by atomic mass is 10.1. The van der Waals surface area contributed by atoms with Gasteiger partial charge in [0.05, 0.1) is 6.07 Å². The smallest absolute Gasteiger partial charge is 0.272 e. The van der Waals surface area contributed by atoms with E-state index in [0.717, 1.165) is 11.3 Å². The van der Waals surface area contributed by atoms with Crippen molar-refractivity contribution in [3.05, 3.63) is 59.9 Å². The van der Waals surface area contributed by atoms with Gasteiger partial charge in [0.25, 0.3) is 5.91 Å². The minimum Gasteiger partial charge on any atom is -0.378 e. The van der Waals surface area contributed by atoms with Crippen LogP contribution < -0.4 is 4.90 Å². The normalized spacial score (nSPS) is 16.0. The van der Waals surface area contributed by atoms with E-state index in [0.29, 0.717) is 31.9 Å². The monoisotopic (exact) mass is 349 g/mol. The van der Waals surface area contributed by atoms with E-state index in [9.17, 15) is 10.1 Å². The van der Waals surface area contributed by atoms with Crippen LogP contribution in [0.2, 0.25) is 0 Å². The summed E-state index contributed by atoms with van der Waals surface area (Å²) < 4.78 is 0. The summed E-state index contributed by atoms with van der Waals surface area (Å²) in [4.78, 5) is 22.9. The zero-order valence-corrected chi connectivity index (χ0v) is 15.2. The van der Waals surface area contributed by atoms with Crippen LogP contribution in [0.1, 0.15) is 22.1 Å². The van der Waals surface area contributed by atoms with E-state index in [2.05, 4.69) is 16.0 Å². The first-order chi connectivity index (χ1) is 12.6. The molecule has 26 heavy (non-hydrogen) atoms. The number of carbonyl (C=O) groups is 1. The van der Waals surface area contributed by atoms with Crippen molar-refractivity contribution in [3.8, 4) is 6.07 Å². The van der Waals surface area contributed by atoms with Crippen molar-refractivity contribution < 1.29 is 4.79 Å². The summed E-state index contributed by atoms with van der Waals surface area (Å²) in [6.07, 6.45) is 1.67. The second kappa shape index (κ2) is 7.98. The molecule has 2 aromatic rings. The van der Waals surface area contributed by atoms with Gasteiger partial charge in [-0.1, -0.05) is 30.3 Å². The minimum atomic E-state index is -0.274. The fraction of sp³-hybridized carbons (Fsp3) is 0.350. The van der Waals surface area contributed by atoms with Gasteiger partial charge in [0.15, 0.2) is 0 Å². The summed E-state index contributed by atoms with van der Waals surface area (Å²) in [5, 5.41) is 9.58. The number of carbonyl (C=O) groups excluding carboxylic acids is 1. The molecule has 6 heteroatoms. The van der Waals surface area contributed by atoms with Crippen LogP contribution in [0.5, 0.6) is 0 Å². The Kier molecular flexibility index (Phi) is 5.49. The highest BCUT2D eigenvalue weighted by molar-refractivity contribution is 5.93. The van der Waals surface area contributed by atoms with Gasteiger partial charge in [0.1, 0.15) is 11.7 Å². The predicted molar refractivity (Wildman–Crippen MR) is 101 cm³/mol. The number of anilines is 1. The molecule has 3 rings (SSSR count). The third kappa shape index (κ3) is 3.84. The van der Waals surface area contributed by atoms with Gasteiger partial charge in [0, 0.05) is 52.2 Å². The Hall–Kier alpha value is -2.91. The highest BCUT2D eigenvalue weighted by Gasteiger charge is 2.28. The van der Waals surface area contributed by atoms with Gasteiger partial charge >= 0.3 is 0 Å². The highest BCUT2D eigenvalue weighted by Crippen LogP contribution is 2.22. The third-order valence-corrected chi connectivity index (χ3v) is 4.68. The maximum absolute atomic E-state index is 12.8. The van der Waals surface area contributed by atoms with Crippen molar-refractivity contribution in [1.82, 2.24) is 14.8 Å². The van der Waals surface area contributed by atoms with E-state index < -0.39 is 0 Å². The van der Waals surface area contributed by atoms with Crippen LogP contribution in [0.4, 0.5) is 5.69 Å². The van der Waals surface area contributed by atoms with Crippen LogP contribution in [0, 0.1) is 11.3 Å². The predicted octanol–water partition coefficient (Wildman–Crippen LogP) is 2.17. The first-order valence-corrected chi connectivity index (χ1v) is 8.71. The van der Waals surface area contributed by atoms with E-state index in [-0.39, 0.29) is 11.9 Å². The topological polar surface area (TPSA) is 63.5 Å². The van der Waals surface area contributed by atoms with E-state index in [1.165, 1.54) is 0 Å². The van der Waals surface area contributed by atoms with Crippen LogP contribution in [0.25, 0.3) is 0 Å². The third-order valence-electron chi connectivity index (χ3n) is 4.68. The molecule has 1 aliphatic heterocycles. The van der Waals surface area contributed by atoms with E-state index in [1.807, 2.05) is 66.4 Å². The Labute approximate surface area is 154 Å². The van der Waals surface area contributed by atoms with Crippen molar-refractivity contribution in [2.75, 3.05) is 45.2 Å². The van der Waals surface area contributed by atoms with Crippen LogP contribution >= 0.6 is 0 Å². The number of benzene rings is 1. The zero-order valence-electron chi connectivity index (χ0n) is 15.2. The average Bonchev–Trinajstić information content (AvgIpc) is 2.69. The maximum atomic E-state index is 12.8. The molecule has 1 fully saturated rings. The van der Waals surface area contributed by atoms with Crippen LogP contribution in [-0.2, 0) is 0 Å². The molecule has 0 unspecified atom stereocenters. The molecule has 0 aliphatic carbocycles. The lowest BCUT2D eigenvalue weighted by molar-refractivity contribution is 0.0601. The fourth-order valence-corrected chi connectivity index (χ4v) is 3.16. The van der Waals surface area contributed by atoms with Gasteiger partial charge in [-0.15, -0.1) is 0 Å². The number of amides is 1. The summed E-state index contributed by atoms with van der Waals surface area (Å²) in [5.41, 5.74) is 2.41. The minimum absolute atomic E-state index is 0.0541. The quantitative estimate of drug-likeness (QED) is 0.846. The molecule has 0 saturated carbocycles. The Morgan fingerprint density at radius 1 is 1.15 bits per heavy atom. The van der Waals surface area contributed by atoms with E-state index in [4.69, 9.17) is 0 Å². The van der Waals surface area contributed by atoms with Crippen molar-refractivity contribution in [2.24, 2.45) is 0 Å². The van der Waals surface area contributed by atoms with Crippen LogP contribution in [0.3, 0.4) is 0 Å². The van der Waals surface area contributed by atoms with Gasteiger partial charge in [-0.3, -0.25) is 14.7 Å². The SMILES string of the molecule is CN(C)c1ccnc(C(=O)N2CCN([C@@H](C#N)c3ccccc3)CC2)c1. The molecular weight excluding hydrogens is 326 g/mol. The van der Waals surface area contributed by atoms with Crippen molar-refractivity contribution in [3.63, 3.8) is 0 Å².